The zero-order valence-corrected chi connectivity index (χ0v) is 20.0. The molecule has 0 aliphatic heterocycles. The maximum absolute atomic E-state index is 14.5. The van der Waals surface area contributed by atoms with Crippen LogP contribution in [0.5, 0.6) is 5.88 Å². The molecule has 0 bridgehead atoms. The van der Waals surface area contributed by atoms with Crippen LogP contribution in [0.4, 0.5) is 19.1 Å². The van der Waals surface area contributed by atoms with E-state index in [1.54, 1.807) is 32.0 Å². The number of halogens is 3. The molecule has 3 aromatic rings. The first-order valence-corrected chi connectivity index (χ1v) is 12.0. The van der Waals surface area contributed by atoms with Crippen molar-refractivity contribution in [3.63, 3.8) is 0 Å². The lowest BCUT2D eigenvalue weighted by molar-refractivity contribution is 0.00805. The lowest BCUT2D eigenvalue weighted by Crippen LogP contribution is -2.44. The van der Waals surface area contributed by atoms with Gasteiger partial charge < -0.3 is 15.6 Å². The molecule has 192 valence electrons. The Morgan fingerprint density at radius 1 is 1.11 bits per heavy atom. The topological polar surface area (TPSA) is 144 Å². The number of nitrogens with one attached hydrogen (secondary N) is 1. The first-order valence-electron chi connectivity index (χ1n) is 10.5. The highest BCUT2D eigenvalue weighted by atomic mass is 32.2. The van der Waals surface area contributed by atoms with Crippen LogP contribution in [0.15, 0.2) is 53.4 Å². The number of nitrogens with zero attached hydrogens (tertiary/aromatic N) is 2. The average molecular weight is 525 g/mol. The number of carboxylic acids is 1. The van der Waals surface area contributed by atoms with Crippen LogP contribution >= 0.6 is 0 Å². The molecule has 0 saturated heterocycles. The SMILES string of the molecule is Cc1cccc(C)c1-c1cc(OC(F)C(N)C(F)CF)nc(NS(=O)(=O)c2cccc(C(=O)O)c2)n1. The number of hydrogen-bond acceptors (Lipinski definition) is 7. The van der Waals surface area contributed by atoms with Crippen molar-refractivity contribution in [2.45, 2.75) is 37.3 Å². The molecule has 1 aromatic heterocycles. The Hall–Kier alpha value is -3.71. The summed E-state index contributed by atoms with van der Waals surface area (Å²) < 4.78 is 73.5. The van der Waals surface area contributed by atoms with Crippen LogP contribution in [0.25, 0.3) is 11.3 Å². The summed E-state index contributed by atoms with van der Waals surface area (Å²) >= 11 is 0. The van der Waals surface area contributed by atoms with Crippen molar-refractivity contribution in [1.82, 2.24) is 9.97 Å². The first-order chi connectivity index (χ1) is 16.9. The number of hydrogen-bond donors (Lipinski definition) is 3. The molecule has 4 N–H and O–H groups in total. The zero-order valence-electron chi connectivity index (χ0n) is 19.2. The van der Waals surface area contributed by atoms with E-state index in [0.29, 0.717) is 5.56 Å². The fourth-order valence-corrected chi connectivity index (χ4v) is 4.30. The average Bonchev–Trinajstić information content (AvgIpc) is 2.82. The maximum atomic E-state index is 14.5. The molecule has 0 saturated carbocycles. The molecular weight excluding hydrogens is 501 g/mol. The van der Waals surface area contributed by atoms with E-state index in [4.69, 9.17) is 15.6 Å². The summed E-state index contributed by atoms with van der Waals surface area (Å²) in [5, 5.41) is 9.15. The maximum Gasteiger partial charge on any atom is 0.335 e. The van der Waals surface area contributed by atoms with Crippen LogP contribution in [-0.2, 0) is 10.0 Å². The van der Waals surface area contributed by atoms with E-state index >= 15 is 0 Å². The van der Waals surface area contributed by atoms with Gasteiger partial charge in [0.2, 0.25) is 11.8 Å². The predicted octanol–water partition coefficient (Wildman–Crippen LogP) is 3.57. The number of rotatable bonds is 10. The molecule has 13 heteroatoms. The second-order valence-electron chi connectivity index (χ2n) is 7.84. The largest absolute Gasteiger partial charge is 0.478 e. The molecule has 36 heavy (non-hydrogen) atoms. The summed E-state index contributed by atoms with van der Waals surface area (Å²) in [5.41, 5.74) is 7.30. The Kier molecular flexibility index (Phi) is 8.15. The number of carbonyl (C=O) groups is 1. The minimum Gasteiger partial charge on any atom is -0.478 e. The van der Waals surface area contributed by atoms with E-state index in [2.05, 4.69) is 14.7 Å². The third-order valence-corrected chi connectivity index (χ3v) is 6.48. The highest BCUT2D eigenvalue weighted by Crippen LogP contribution is 2.30. The van der Waals surface area contributed by atoms with Crippen molar-refractivity contribution in [3.8, 4) is 17.1 Å². The Bertz CT molecular complexity index is 1350. The predicted molar refractivity (Wildman–Crippen MR) is 126 cm³/mol. The van der Waals surface area contributed by atoms with Gasteiger partial charge in [-0.05, 0) is 43.2 Å². The summed E-state index contributed by atoms with van der Waals surface area (Å²) in [6, 6.07) is 9.14. The summed E-state index contributed by atoms with van der Waals surface area (Å²) in [6.45, 7) is 2.02. The van der Waals surface area contributed by atoms with Crippen LogP contribution in [-0.4, -0.2) is 54.7 Å². The highest BCUT2D eigenvalue weighted by Gasteiger charge is 2.29. The molecule has 0 aliphatic carbocycles. The number of nitrogens with two attached hydrogens (primary N) is 1. The van der Waals surface area contributed by atoms with Gasteiger partial charge in [-0.3, -0.25) is 0 Å². The van der Waals surface area contributed by atoms with Gasteiger partial charge in [-0.2, -0.15) is 9.37 Å². The van der Waals surface area contributed by atoms with Crippen molar-refractivity contribution in [1.29, 1.82) is 0 Å². The van der Waals surface area contributed by atoms with Crippen molar-refractivity contribution in [2.75, 3.05) is 11.4 Å². The zero-order chi connectivity index (χ0) is 26.6. The quantitative estimate of drug-likeness (QED) is 0.365. The van der Waals surface area contributed by atoms with Crippen molar-refractivity contribution in [2.24, 2.45) is 5.73 Å². The number of alkyl halides is 3. The van der Waals surface area contributed by atoms with Crippen LogP contribution in [0, 0.1) is 13.8 Å². The molecule has 0 fully saturated rings. The van der Waals surface area contributed by atoms with Gasteiger partial charge in [0.1, 0.15) is 18.9 Å². The number of aromatic carboxylic acids is 1. The second kappa shape index (κ2) is 10.9. The van der Waals surface area contributed by atoms with Crippen LogP contribution < -0.4 is 15.2 Å². The van der Waals surface area contributed by atoms with E-state index in [1.165, 1.54) is 18.2 Å². The van der Waals surface area contributed by atoms with Gasteiger partial charge in [0, 0.05) is 11.6 Å². The third-order valence-electron chi connectivity index (χ3n) is 5.16. The molecule has 3 unspecified atom stereocenters. The molecular formula is C23H23F3N4O5S. The van der Waals surface area contributed by atoms with Gasteiger partial charge in [0.15, 0.2) is 0 Å². The van der Waals surface area contributed by atoms with Crippen LogP contribution in [0.3, 0.4) is 0 Å². The summed E-state index contributed by atoms with van der Waals surface area (Å²) in [5.74, 6) is -2.36. The molecule has 3 atom stereocenters. The van der Waals surface area contributed by atoms with Crippen LogP contribution in [0.1, 0.15) is 21.5 Å². The van der Waals surface area contributed by atoms with Crippen molar-refractivity contribution in [3.05, 3.63) is 65.2 Å². The molecule has 0 aliphatic rings. The number of carboxylic acid groups (broad SMARTS) is 1. The van der Waals surface area contributed by atoms with Gasteiger partial charge in [-0.1, -0.05) is 24.3 Å². The molecule has 0 spiro atoms. The minimum absolute atomic E-state index is 0.149. The lowest BCUT2D eigenvalue weighted by Gasteiger charge is -2.20. The fraction of sp³-hybridized carbons (Fsp3) is 0.261. The summed E-state index contributed by atoms with van der Waals surface area (Å²) in [7, 11) is -4.39. The van der Waals surface area contributed by atoms with E-state index in [0.717, 1.165) is 23.3 Å². The molecule has 9 nitrogen and oxygen atoms in total. The molecule has 3 rings (SSSR count). The van der Waals surface area contributed by atoms with Gasteiger partial charge in [0.25, 0.3) is 16.4 Å². The fourth-order valence-electron chi connectivity index (χ4n) is 3.31. The van der Waals surface area contributed by atoms with Crippen molar-refractivity contribution >= 4 is 21.9 Å². The van der Waals surface area contributed by atoms with Gasteiger partial charge in [0.05, 0.1) is 16.2 Å². The monoisotopic (exact) mass is 524 g/mol. The number of ether oxygens (including phenoxy) is 1. The Morgan fingerprint density at radius 3 is 2.36 bits per heavy atom. The number of benzene rings is 2. The second-order valence-corrected chi connectivity index (χ2v) is 9.52. The lowest BCUT2D eigenvalue weighted by atomic mass is 10.00. The van der Waals surface area contributed by atoms with E-state index in [1.807, 2.05) is 0 Å². The summed E-state index contributed by atoms with van der Waals surface area (Å²) in [4.78, 5) is 18.9. The van der Waals surface area contributed by atoms with Gasteiger partial charge in [-0.15, -0.1) is 0 Å². The number of sulfonamides is 1. The number of anilines is 1. The smallest absolute Gasteiger partial charge is 0.335 e. The first kappa shape index (κ1) is 26.9. The molecule has 2 aromatic carbocycles. The Labute approximate surface area is 205 Å². The number of aromatic nitrogens is 2. The van der Waals surface area contributed by atoms with E-state index < -0.39 is 53.1 Å². The molecule has 0 amide bonds. The van der Waals surface area contributed by atoms with E-state index in [-0.39, 0.29) is 16.2 Å². The highest BCUT2D eigenvalue weighted by molar-refractivity contribution is 7.92. The minimum atomic E-state index is -4.39. The normalized spacial score (nSPS) is 14.1. The van der Waals surface area contributed by atoms with Crippen LogP contribution in [0.2, 0.25) is 0 Å². The van der Waals surface area contributed by atoms with Crippen molar-refractivity contribution < 1.29 is 36.2 Å². The number of aryl methyl sites for hydroxylation is 2. The Balaban J connectivity index is 2.06. The Morgan fingerprint density at radius 2 is 1.75 bits per heavy atom. The standard InChI is InChI=1S/C23H23F3N4O5S/c1-12-5-3-6-13(2)19(12)17-10-18(35-21(26)20(27)16(25)11-24)29-23(28-17)30-36(33,34)15-8-4-7-14(9-15)22(31)32/h3-10,16,20-21H,11,27H2,1-2H3,(H,31,32)(H,28,29,30). The van der Waals surface area contributed by atoms with Gasteiger partial charge in [-0.25, -0.2) is 31.7 Å². The molecule has 1 heterocycles. The van der Waals surface area contributed by atoms with E-state index in [9.17, 15) is 26.4 Å². The summed E-state index contributed by atoms with van der Waals surface area (Å²) in [6.07, 6.45) is -4.84. The molecule has 0 radical (unpaired) electrons. The van der Waals surface area contributed by atoms with Gasteiger partial charge >= 0.3 is 5.97 Å². The third kappa shape index (κ3) is 6.10.